The van der Waals surface area contributed by atoms with Gasteiger partial charge in [0.05, 0.1) is 12.1 Å². The molecule has 1 aliphatic carbocycles. The Morgan fingerprint density at radius 1 is 1.35 bits per heavy atom. The molecule has 1 aromatic carbocycles. The number of thiazole rings is 1. The number of carbonyl (C=O) groups excluding carboxylic acids is 1. The fourth-order valence-corrected chi connectivity index (χ4v) is 3.86. The summed E-state index contributed by atoms with van der Waals surface area (Å²) in [6.45, 7) is 1.99. The van der Waals surface area contributed by atoms with E-state index in [4.69, 9.17) is 0 Å². The molecule has 0 radical (unpaired) electrons. The van der Waals surface area contributed by atoms with Gasteiger partial charge in [-0.1, -0.05) is 37.3 Å². The van der Waals surface area contributed by atoms with Crippen molar-refractivity contribution in [1.82, 2.24) is 10.3 Å². The lowest BCUT2D eigenvalue weighted by Gasteiger charge is -2.43. The highest BCUT2D eigenvalue weighted by Gasteiger charge is 2.49. The molecule has 1 aromatic heterocycles. The molecular weight excluding hydrogens is 312 g/mol. The number of carbonyl (C=O) groups is 2. The molecule has 2 aromatic rings. The Bertz CT molecular complexity index is 720. The van der Waals surface area contributed by atoms with Crippen molar-refractivity contribution in [2.24, 2.45) is 5.92 Å². The van der Waals surface area contributed by atoms with Crippen LogP contribution in [0.3, 0.4) is 0 Å². The van der Waals surface area contributed by atoms with E-state index in [1.165, 1.54) is 11.3 Å². The largest absolute Gasteiger partial charge is 0.480 e. The topological polar surface area (TPSA) is 79.3 Å². The zero-order valence-electron chi connectivity index (χ0n) is 12.8. The molecule has 6 heteroatoms. The molecule has 5 nitrogen and oxygen atoms in total. The van der Waals surface area contributed by atoms with Gasteiger partial charge in [0.2, 0.25) is 5.91 Å². The van der Waals surface area contributed by atoms with Crippen LogP contribution in [0, 0.1) is 5.92 Å². The van der Waals surface area contributed by atoms with E-state index in [2.05, 4.69) is 10.3 Å². The maximum absolute atomic E-state index is 12.2. The lowest BCUT2D eigenvalue weighted by molar-refractivity contribution is -0.154. The summed E-state index contributed by atoms with van der Waals surface area (Å²) in [5.74, 6) is -0.910. The predicted molar refractivity (Wildman–Crippen MR) is 88.2 cm³/mol. The number of hydrogen-bond acceptors (Lipinski definition) is 4. The smallest absolute Gasteiger partial charge is 0.329 e. The second-order valence-electron chi connectivity index (χ2n) is 6.14. The van der Waals surface area contributed by atoms with Crippen LogP contribution >= 0.6 is 11.3 Å². The molecule has 0 aliphatic heterocycles. The molecule has 2 N–H and O–H groups in total. The normalized spacial score (nSPS) is 23.1. The second-order valence-corrected chi connectivity index (χ2v) is 6.99. The Hall–Kier alpha value is -2.21. The minimum absolute atomic E-state index is 0.104. The Balaban J connectivity index is 1.65. The third kappa shape index (κ3) is 3.27. The van der Waals surface area contributed by atoms with Gasteiger partial charge in [-0.05, 0) is 18.8 Å². The van der Waals surface area contributed by atoms with Gasteiger partial charge in [0.1, 0.15) is 10.5 Å². The summed E-state index contributed by atoms with van der Waals surface area (Å²) < 4.78 is 0. The lowest BCUT2D eigenvalue weighted by atomic mass is 9.69. The number of aromatic nitrogens is 1. The molecule has 0 atom stereocenters. The minimum Gasteiger partial charge on any atom is -0.480 e. The number of aliphatic carboxylic acids is 1. The van der Waals surface area contributed by atoms with E-state index in [9.17, 15) is 14.7 Å². The number of carboxylic acid groups (broad SMARTS) is 1. The molecule has 1 heterocycles. The number of rotatable bonds is 5. The third-order valence-corrected chi connectivity index (χ3v) is 5.04. The van der Waals surface area contributed by atoms with Gasteiger partial charge in [-0.15, -0.1) is 11.3 Å². The first-order valence-corrected chi connectivity index (χ1v) is 8.41. The zero-order valence-corrected chi connectivity index (χ0v) is 13.6. The molecule has 1 aliphatic rings. The molecule has 1 amide bonds. The highest BCUT2D eigenvalue weighted by molar-refractivity contribution is 7.13. The van der Waals surface area contributed by atoms with E-state index in [-0.39, 0.29) is 12.3 Å². The quantitative estimate of drug-likeness (QED) is 0.883. The monoisotopic (exact) mass is 330 g/mol. The molecule has 1 saturated carbocycles. The number of hydrogen-bond donors (Lipinski definition) is 2. The van der Waals surface area contributed by atoms with Gasteiger partial charge in [0.25, 0.3) is 0 Å². The first kappa shape index (κ1) is 15.7. The molecule has 3 rings (SSSR count). The second kappa shape index (κ2) is 6.12. The van der Waals surface area contributed by atoms with Crippen molar-refractivity contribution < 1.29 is 14.7 Å². The van der Waals surface area contributed by atoms with Crippen molar-refractivity contribution in [2.75, 3.05) is 0 Å². The Morgan fingerprint density at radius 3 is 2.65 bits per heavy atom. The molecule has 120 valence electrons. The zero-order chi connectivity index (χ0) is 16.4. The molecule has 23 heavy (non-hydrogen) atoms. The number of benzene rings is 1. The van der Waals surface area contributed by atoms with E-state index in [0.29, 0.717) is 24.5 Å². The van der Waals surface area contributed by atoms with Crippen LogP contribution in [0.25, 0.3) is 10.6 Å². The first-order chi connectivity index (χ1) is 11.0. The van der Waals surface area contributed by atoms with Crippen LogP contribution in [0.15, 0.2) is 35.7 Å². The summed E-state index contributed by atoms with van der Waals surface area (Å²) in [6.07, 6.45) is 1.08. The SMILES string of the molecule is CC1CC(NC(=O)Cc2csc(-c3ccccc3)n2)(C(=O)O)C1. The molecule has 0 bridgehead atoms. The minimum atomic E-state index is -1.09. The van der Waals surface area contributed by atoms with E-state index in [0.717, 1.165) is 10.6 Å². The van der Waals surface area contributed by atoms with Gasteiger partial charge in [0.15, 0.2) is 0 Å². The first-order valence-electron chi connectivity index (χ1n) is 7.53. The Morgan fingerprint density at radius 2 is 2.04 bits per heavy atom. The van der Waals surface area contributed by atoms with E-state index in [1.54, 1.807) is 0 Å². The average Bonchev–Trinajstić information content (AvgIpc) is 2.94. The van der Waals surface area contributed by atoms with Crippen molar-refractivity contribution in [1.29, 1.82) is 0 Å². The van der Waals surface area contributed by atoms with Crippen LogP contribution in [0.2, 0.25) is 0 Å². The lowest BCUT2D eigenvalue weighted by Crippen LogP contribution is -2.62. The Kier molecular flexibility index (Phi) is 4.17. The standard InChI is InChI=1S/C17H18N2O3S/c1-11-8-17(9-11,16(21)22)19-14(20)7-13-10-23-15(18-13)12-5-3-2-4-6-12/h2-6,10-11H,7-9H2,1H3,(H,19,20)(H,21,22). The van der Waals surface area contributed by atoms with Gasteiger partial charge in [-0.2, -0.15) is 0 Å². The number of carboxylic acids is 1. The van der Waals surface area contributed by atoms with Crippen LogP contribution in [0.4, 0.5) is 0 Å². The highest BCUT2D eigenvalue weighted by Crippen LogP contribution is 2.37. The number of amides is 1. The molecule has 0 unspecified atom stereocenters. The third-order valence-electron chi connectivity index (χ3n) is 4.10. The summed E-state index contributed by atoms with van der Waals surface area (Å²) in [4.78, 5) is 28.0. The van der Waals surface area contributed by atoms with Crippen LogP contribution in [-0.2, 0) is 16.0 Å². The van der Waals surface area contributed by atoms with Gasteiger partial charge >= 0.3 is 5.97 Å². The molecular formula is C17H18N2O3S. The average molecular weight is 330 g/mol. The summed E-state index contributed by atoms with van der Waals surface area (Å²) in [6, 6.07) is 9.77. The van der Waals surface area contributed by atoms with E-state index < -0.39 is 11.5 Å². The fourth-order valence-electron chi connectivity index (χ4n) is 3.04. The van der Waals surface area contributed by atoms with Crippen molar-refractivity contribution >= 4 is 23.2 Å². The number of nitrogens with one attached hydrogen (secondary N) is 1. The van der Waals surface area contributed by atoms with Gasteiger partial charge < -0.3 is 10.4 Å². The predicted octanol–water partition coefficient (Wildman–Crippen LogP) is 2.72. The fraction of sp³-hybridized carbons (Fsp3) is 0.353. The molecule has 1 fully saturated rings. The van der Waals surface area contributed by atoms with Crippen molar-refractivity contribution in [2.45, 2.75) is 31.7 Å². The summed E-state index contributed by atoms with van der Waals surface area (Å²) >= 11 is 1.48. The van der Waals surface area contributed by atoms with E-state index in [1.807, 2.05) is 42.6 Å². The number of nitrogens with zero attached hydrogens (tertiary/aromatic N) is 1. The van der Waals surface area contributed by atoms with Crippen LogP contribution < -0.4 is 5.32 Å². The van der Waals surface area contributed by atoms with Gasteiger partial charge in [-0.25, -0.2) is 9.78 Å². The van der Waals surface area contributed by atoms with Crippen molar-refractivity contribution in [3.05, 3.63) is 41.4 Å². The maximum Gasteiger partial charge on any atom is 0.329 e. The van der Waals surface area contributed by atoms with Gasteiger partial charge in [-0.3, -0.25) is 4.79 Å². The summed E-state index contributed by atoms with van der Waals surface area (Å²) in [5.41, 5.74) is 0.590. The van der Waals surface area contributed by atoms with Gasteiger partial charge in [0, 0.05) is 10.9 Å². The molecule has 0 saturated heterocycles. The van der Waals surface area contributed by atoms with Crippen LogP contribution in [0.1, 0.15) is 25.5 Å². The summed E-state index contributed by atoms with van der Waals surface area (Å²) in [5, 5.41) is 14.7. The maximum atomic E-state index is 12.2. The van der Waals surface area contributed by atoms with Crippen molar-refractivity contribution in [3.8, 4) is 10.6 Å². The summed E-state index contributed by atoms with van der Waals surface area (Å²) in [7, 11) is 0. The van der Waals surface area contributed by atoms with Crippen LogP contribution in [0.5, 0.6) is 0 Å². The van der Waals surface area contributed by atoms with E-state index >= 15 is 0 Å². The van der Waals surface area contributed by atoms with Crippen molar-refractivity contribution in [3.63, 3.8) is 0 Å². The highest BCUT2D eigenvalue weighted by atomic mass is 32.1. The Labute approximate surface area is 138 Å². The van der Waals surface area contributed by atoms with Crippen LogP contribution in [-0.4, -0.2) is 27.5 Å². The molecule has 0 spiro atoms.